The van der Waals surface area contributed by atoms with E-state index in [0.717, 1.165) is 6.67 Å². The number of para-hydroxylation sites is 1. The lowest BCUT2D eigenvalue weighted by atomic mass is 10.1. The predicted molar refractivity (Wildman–Crippen MR) is 52.9 cm³/mol. The minimum Gasteiger partial charge on any atom is -0.355 e. The van der Waals surface area contributed by atoms with Gasteiger partial charge in [-0.1, -0.05) is 12.1 Å². The van der Waals surface area contributed by atoms with Crippen LogP contribution in [-0.2, 0) is 0 Å². The number of aryl methyl sites for hydroxylation is 1. The second kappa shape index (κ2) is 2.41. The van der Waals surface area contributed by atoms with Gasteiger partial charge in [-0.2, -0.15) is 0 Å². The first-order valence-corrected chi connectivity index (χ1v) is 4.22. The van der Waals surface area contributed by atoms with Crippen LogP contribution in [0.2, 0.25) is 0 Å². The first-order valence-electron chi connectivity index (χ1n) is 4.22. The van der Waals surface area contributed by atoms with Crippen molar-refractivity contribution in [2.24, 2.45) is 0 Å². The van der Waals surface area contributed by atoms with Crippen molar-refractivity contribution in [2.45, 2.75) is 6.92 Å². The highest BCUT2D eigenvalue weighted by molar-refractivity contribution is 5.78. The number of hydrogen-bond acceptors (Lipinski definition) is 2. The van der Waals surface area contributed by atoms with E-state index in [-0.39, 0.29) is 0 Å². The van der Waals surface area contributed by atoms with E-state index in [1.54, 1.807) is 0 Å². The van der Waals surface area contributed by atoms with Gasteiger partial charge in [0, 0.05) is 14.1 Å². The fraction of sp³-hybridized carbons (Fsp3) is 0.400. The lowest BCUT2D eigenvalue weighted by Crippen LogP contribution is -2.24. The lowest BCUT2D eigenvalue weighted by Gasteiger charge is -2.12. The van der Waals surface area contributed by atoms with Crippen LogP contribution >= 0.6 is 0 Å². The van der Waals surface area contributed by atoms with Gasteiger partial charge in [0.25, 0.3) is 0 Å². The topological polar surface area (TPSA) is 6.48 Å². The molecule has 0 N–H and O–H groups in total. The van der Waals surface area contributed by atoms with E-state index >= 15 is 0 Å². The highest BCUT2D eigenvalue weighted by atomic mass is 15.3. The maximum absolute atomic E-state index is 2.28. The fourth-order valence-corrected chi connectivity index (χ4v) is 1.91. The molecular weight excluding hydrogens is 148 g/mol. The summed E-state index contributed by atoms with van der Waals surface area (Å²) in [7, 11) is 4.26. The van der Waals surface area contributed by atoms with Crippen LogP contribution in [0.1, 0.15) is 5.56 Å². The van der Waals surface area contributed by atoms with E-state index in [4.69, 9.17) is 0 Å². The van der Waals surface area contributed by atoms with Crippen LogP contribution in [0.4, 0.5) is 11.4 Å². The number of benzene rings is 1. The maximum atomic E-state index is 2.28. The van der Waals surface area contributed by atoms with Crippen LogP contribution < -0.4 is 9.80 Å². The molecule has 64 valence electrons. The van der Waals surface area contributed by atoms with Crippen molar-refractivity contribution in [3.8, 4) is 0 Å². The summed E-state index contributed by atoms with van der Waals surface area (Å²) in [5.41, 5.74) is 4.08. The molecule has 0 spiro atoms. The Kier molecular flexibility index (Phi) is 1.50. The van der Waals surface area contributed by atoms with Gasteiger partial charge in [0.2, 0.25) is 0 Å². The van der Waals surface area contributed by atoms with E-state index in [0.29, 0.717) is 0 Å². The molecule has 1 aliphatic heterocycles. The van der Waals surface area contributed by atoms with Gasteiger partial charge in [0.15, 0.2) is 0 Å². The summed E-state index contributed by atoms with van der Waals surface area (Å²) in [5, 5.41) is 0. The van der Waals surface area contributed by atoms with Crippen LogP contribution in [0.25, 0.3) is 0 Å². The summed E-state index contributed by atoms with van der Waals surface area (Å²) in [6.45, 7) is 3.16. The van der Waals surface area contributed by atoms with Crippen LogP contribution in [-0.4, -0.2) is 20.8 Å². The highest BCUT2D eigenvalue weighted by Crippen LogP contribution is 2.36. The van der Waals surface area contributed by atoms with Crippen molar-refractivity contribution in [3.05, 3.63) is 23.8 Å². The molecule has 0 radical (unpaired) electrons. The van der Waals surface area contributed by atoms with Gasteiger partial charge in [0.05, 0.1) is 18.0 Å². The van der Waals surface area contributed by atoms with Crippen LogP contribution in [0.3, 0.4) is 0 Å². The quantitative estimate of drug-likeness (QED) is 0.574. The number of fused-ring (bicyclic) bond motifs is 1. The standard InChI is InChI=1S/C10H14N2/c1-8-5-4-6-9-10(8)12(3)7-11(9)2/h4-6H,7H2,1-3H3. The molecule has 0 aromatic heterocycles. The van der Waals surface area contributed by atoms with Crippen LogP contribution in [0, 0.1) is 6.92 Å². The zero-order valence-corrected chi connectivity index (χ0v) is 7.83. The molecule has 0 amide bonds. The fourth-order valence-electron chi connectivity index (χ4n) is 1.91. The van der Waals surface area contributed by atoms with Gasteiger partial charge in [-0.15, -0.1) is 0 Å². The number of anilines is 2. The number of hydrogen-bond donors (Lipinski definition) is 0. The molecule has 12 heavy (non-hydrogen) atoms. The normalized spacial score (nSPS) is 15.2. The average Bonchev–Trinajstić information content (AvgIpc) is 2.29. The lowest BCUT2D eigenvalue weighted by molar-refractivity contribution is 0.914. The molecule has 0 saturated carbocycles. The molecule has 0 fully saturated rings. The first-order chi connectivity index (χ1) is 5.70. The van der Waals surface area contributed by atoms with Gasteiger partial charge >= 0.3 is 0 Å². The summed E-state index contributed by atoms with van der Waals surface area (Å²) in [6, 6.07) is 6.45. The third-order valence-corrected chi connectivity index (χ3v) is 2.43. The Bertz CT molecular complexity index is 307. The molecule has 0 saturated heterocycles. The zero-order chi connectivity index (χ0) is 8.72. The minimum absolute atomic E-state index is 1.00. The molecular formula is C10H14N2. The third kappa shape index (κ3) is 0.876. The van der Waals surface area contributed by atoms with Crippen LogP contribution in [0.5, 0.6) is 0 Å². The molecule has 0 atom stereocenters. The maximum Gasteiger partial charge on any atom is 0.0898 e. The SMILES string of the molecule is Cc1cccc2c1N(C)CN2C. The molecule has 2 nitrogen and oxygen atoms in total. The first kappa shape index (κ1) is 7.47. The Balaban J connectivity index is 2.59. The summed E-state index contributed by atoms with van der Waals surface area (Å²) < 4.78 is 0. The number of rotatable bonds is 0. The smallest absolute Gasteiger partial charge is 0.0898 e. The van der Waals surface area contributed by atoms with Crippen molar-refractivity contribution in [3.63, 3.8) is 0 Å². The zero-order valence-electron chi connectivity index (χ0n) is 7.83. The minimum atomic E-state index is 1.00. The summed E-state index contributed by atoms with van der Waals surface area (Å²) in [6.07, 6.45) is 0. The molecule has 1 aromatic carbocycles. The molecule has 0 unspecified atom stereocenters. The Morgan fingerprint density at radius 3 is 2.58 bits per heavy atom. The Hall–Kier alpha value is -1.18. The van der Waals surface area contributed by atoms with E-state index in [1.165, 1.54) is 16.9 Å². The van der Waals surface area contributed by atoms with Crippen molar-refractivity contribution >= 4 is 11.4 Å². The highest BCUT2D eigenvalue weighted by Gasteiger charge is 2.20. The monoisotopic (exact) mass is 162 g/mol. The Labute approximate surface area is 73.4 Å². The Morgan fingerprint density at radius 2 is 1.92 bits per heavy atom. The molecule has 2 rings (SSSR count). The van der Waals surface area contributed by atoms with Crippen molar-refractivity contribution in [1.82, 2.24) is 0 Å². The summed E-state index contributed by atoms with van der Waals surface area (Å²) >= 11 is 0. The summed E-state index contributed by atoms with van der Waals surface area (Å²) in [5.74, 6) is 0. The van der Waals surface area contributed by atoms with Crippen molar-refractivity contribution in [1.29, 1.82) is 0 Å². The largest absolute Gasteiger partial charge is 0.355 e. The molecule has 1 aromatic rings. The van der Waals surface area contributed by atoms with Gasteiger partial charge in [-0.3, -0.25) is 0 Å². The second-order valence-electron chi connectivity index (χ2n) is 3.48. The van der Waals surface area contributed by atoms with Crippen molar-refractivity contribution < 1.29 is 0 Å². The van der Waals surface area contributed by atoms with Gasteiger partial charge in [-0.05, 0) is 18.6 Å². The van der Waals surface area contributed by atoms with Gasteiger partial charge < -0.3 is 9.80 Å². The second-order valence-corrected chi connectivity index (χ2v) is 3.48. The van der Waals surface area contributed by atoms with Gasteiger partial charge in [0.1, 0.15) is 0 Å². The van der Waals surface area contributed by atoms with Crippen LogP contribution in [0.15, 0.2) is 18.2 Å². The average molecular weight is 162 g/mol. The van der Waals surface area contributed by atoms with E-state index in [9.17, 15) is 0 Å². The van der Waals surface area contributed by atoms with E-state index in [1.807, 2.05) is 0 Å². The predicted octanol–water partition coefficient (Wildman–Crippen LogP) is 1.84. The summed E-state index contributed by atoms with van der Waals surface area (Å²) in [4.78, 5) is 4.55. The molecule has 0 bridgehead atoms. The van der Waals surface area contributed by atoms with Gasteiger partial charge in [-0.25, -0.2) is 0 Å². The molecule has 1 heterocycles. The molecule has 0 aliphatic carbocycles. The van der Waals surface area contributed by atoms with E-state index in [2.05, 4.69) is 49.0 Å². The molecule has 2 heteroatoms. The Morgan fingerprint density at radius 1 is 1.17 bits per heavy atom. The molecule has 1 aliphatic rings. The van der Waals surface area contributed by atoms with Crippen molar-refractivity contribution in [2.75, 3.05) is 30.6 Å². The third-order valence-electron chi connectivity index (χ3n) is 2.43. The van der Waals surface area contributed by atoms with E-state index < -0.39 is 0 Å². The number of nitrogens with zero attached hydrogens (tertiary/aromatic N) is 2.